The molecule has 3 aromatic rings. The Balaban J connectivity index is 0.00000100. The van der Waals surface area contributed by atoms with Gasteiger partial charge in [-0.15, -0.1) is 5.10 Å². The highest BCUT2D eigenvalue weighted by Gasteiger charge is 2.23. The predicted molar refractivity (Wildman–Crippen MR) is 93.5 cm³/mol. The summed E-state index contributed by atoms with van der Waals surface area (Å²) < 4.78 is 0. The van der Waals surface area contributed by atoms with E-state index < -0.39 is 5.92 Å². The van der Waals surface area contributed by atoms with Crippen LogP contribution in [-0.2, 0) is 11.8 Å². The monoisotopic (exact) mass is 323 g/mol. The second kappa shape index (κ2) is 8.57. The Morgan fingerprint density at radius 1 is 0.958 bits per heavy atom. The van der Waals surface area contributed by atoms with Crippen LogP contribution in [0.3, 0.4) is 0 Å². The number of aromatic nitrogens is 4. The molecule has 0 aliphatic heterocycles. The van der Waals surface area contributed by atoms with Crippen molar-refractivity contribution in [1.82, 2.24) is 20.2 Å². The Labute approximate surface area is 141 Å². The molecule has 0 saturated heterocycles. The van der Waals surface area contributed by atoms with Gasteiger partial charge >= 0.3 is 0 Å². The van der Waals surface area contributed by atoms with Crippen molar-refractivity contribution < 1.29 is 4.79 Å². The van der Waals surface area contributed by atoms with Crippen molar-refractivity contribution in [3.63, 3.8) is 0 Å². The fourth-order valence-electron chi connectivity index (χ4n) is 2.30. The number of rotatable bonds is 4. The van der Waals surface area contributed by atoms with Crippen LogP contribution in [0.4, 0.5) is 5.95 Å². The third kappa shape index (κ3) is 4.25. The summed E-state index contributed by atoms with van der Waals surface area (Å²) in [5.74, 6) is -0.416. The number of nitrogens with one attached hydrogen (secondary N) is 1. The SMILES string of the molecule is CC.Cn1nnc(NC(=O)C(c2ccccc2)c2ccccc2)n1. The van der Waals surface area contributed by atoms with Gasteiger partial charge in [0, 0.05) is 0 Å². The quantitative estimate of drug-likeness (QED) is 0.801. The Morgan fingerprint density at radius 3 is 1.88 bits per heavy atom. The van der Waals surface area contributed by atoms with Gasteiger partial charge in [0.1, 0.15) is 0 Å². The summed E-state index contributed by atoms with van der Waals surface area (Å²) >= 11 is 0. The van der Waals surface area contributed by atoms with Crippen molar-refractivity contribution in [2.75, 3.05) is 5.32 Å². The van der Waals surface area contributed by atoms with Crippen LogP contribution < -0.4 is 5.32 Å². The van der Waals surface area contributed by atoms with Crippen molar-refractivity contribution in [2.24, 2.45) is 7.05 Å². The third-order valence-electron chi connectivity index (χ3n) is 3.27. The van der Waals surface area contributed by atoms with Gasteiger partial charge in [0.2, 0.25) is 5.91 Å². The van der Waals surface area contributed by atoms with Crippen molar-refractivity contribution >= 4 is 11.9 Å². The first-order valence-electron chi connectivity index (χ1n) is 7.89. The molecule has 2 aromatic carbocycles. The van der Waals surface area contributed by atoms with Gasteiger partial charge in [0.25, 0.3) is 5.95 Å². The lowest BCUT2D eigenvalue weighted by molar-refractivity contribution is -0.116. The van der Waals surface area contributed by atoms with Crippen LogP contribution in [0.15, 0.2) is 60.7 Å². The average Bonchev–Trinajstić information content (AvgIpc) is 3.03. The minimum absolute atomic E-state index is 0.189. The Kier molecular flexibility index (Phi) is 6.19. The summed E-state index contributed by atoms with van der Waals surface area (Å²) in [5.41, 5.74) is 1.82. The maximum absolute atomic E-state index is 12.7. The van der Waals surface area contributed by atoms with Crippen LogP contribution >= 0.6 is 0 Å². The van der Waals surface area contributed by atoms with E-state index in [4.69, 9.17) is 0 Å². The number of tetrazole rings is 1. The smallest absolute Gasteiger partial charge is 0.270 e. The molecular formula is C18H21N5O. The van der Waals surface area contributed by atoms with E-state index in [2.05, 4.69) is 20.7 Å². The first-order valence-corrected chi connectivity index (χ1v) is 7.89. The fourth-order valence-corrected chi connectivity index (χ4v) is 2.30. The molecule has 0 aliphatic rings. The molecule has 0 spiro atoms. The summed E-state index contributed by atoms with van der Waals surface area (Å²) in [6, 6.07) is 19.2. The summed E-state index contributed by atoms with van der Waals surface area (Å²) in [5, 5.41) is 14.2. The molecule has 6 nitrogen and oxygen atoms in total. The molecule has 24 heavy (non-hydrogen) atoms. The first kappa shape index (κ1) is 17.3. The van der Waals surface area contributed by atoms with Crippen molar-refractivity contribution in [1.29, 1.82) is 0 Å². The maximum Gasteiger partial charge on any atom is 0.270 e. The highest BCUT2D eigenvalue weighted by Crippen LogP contribution is 2.25. The van der Waals surface area contributed by atoms with E-state index in [-0.39, 0.29) is 11.9 Å². The van der Waals surface area contributed by atoms with E-state index in [1.165, 1.54) is 4.80 Å². The molecule has 0 radical (unpaired) electrons. The summed E-state index contributed by atoms with van der Waals surface area (Å²) in [6.07, 6.45) is 0. The van der Waals surface area contributed by atoms with E-state index in [0.29, 0.717) is 0 Å². The standard InChI is InChI=1S/C16H15N5O.C2H6/c1-21-19-16(18-20-21)17-15(22)14(12-8-4-2-5-9-12)13-10-6-3-7-11-13;1-2/h2-11,14H,1H3,(H,17,19,22);1-2H3. The number of anilines is 1. The molecular weight excluding hydrogens is 302 g/mol. The van der Waals surface area contributed by atoms with Crippen LogP contribution in [0.1, 0.15) is 30.9 Å². The zero-order valence-corrected chi connectivity index (χ0v) is 14.0. The molecule has 3 rings (SSSR count). The Hall–Kier alpha value is -3.02. The number of amides is 1. The minimum atomic E-state index is -0.425. The van der Waals surface area contributed by atoms with E-state index in [9.17, 15) is 4.79 Å². The molecule has 1 N–H and O–H groups in total. The molecule has 1 aromatic heterocycles. The number of aryl methyl sites for hydroxylation is 1. The first-order chi connectivity index (χ1) is 11.7. The van der Waals surface area contributed by atoms with E-state index >= 15 is 0 Å². The van der Waals surface area contributed by atoms with Crippen LogP contribution in [0, 0.1) is 0 Å². The minimum Gasteiger partial charge on any atom is -0.291 e. The van der Waals surface area contributed by atoms with Crippen molar-refractivity contribution in [3.05, 3.63) is 71.8 Å². The van der Waals surface area contributed by atoms with Gasteiger partial charge < -0.3 is 0 Å². The van der Waals surface area contributed by atoms with Gasteiger partial charge in [-0.05, 0) is 16.3 Å². The lowest BCUT2D eigenvalue weighted by Gasteiger charge is -2.16. The predicted octanol–water partition coefficient (Wildman–Crippen LogP) is 3.01. The number of carbonyl (C=O) groups is 1. The van der Waals surface area contributed by atoms with E-state index in [0.717, 1.165) is 11.1 Å². The zero-order chi connectivity index (χ0) is 17.4. The molecule has 0 atom stereocenters. The van der Waals surface area contributed by atoms with Crippen molar-refractivity contribution in [2.45, 2.75) is 19.8 Å². The molecule has 0 bridgehead atoms. The normalized spacial score (nSPS) is 10.0. The summed E-state index contributed by atoms with van der Waals surface area (Å²) in [7, 11) is 1.65. The van der Waals surface area contributed by atoms with Crippen molar-refractivity contribution in [3.8, 4) is 0 Å². The molecule has 0 aliphatic carbocycles. The molecule has 0 saturated carbocycles. The van der Waals surface area contributed by atoms with Gasteiger partial charge in [-0.25, -0.2) is 0 Å². The number of nitrogens with zero attached hydrogens (tertiary/aromatic N) is 4. The number of carbonyl (C=O) groups excluding carboxylic acids is 1. The van der Waals surface area contributed by atoms with Gasteiger partial charge in [-0.1, -0.05) is 79.6 Å². The van der Waals surface area contributed by atoms with Gasteiger partial charge in [0.05, 0.1) is 13.0 Å². The van der Waals surface area contributed by atoms with E-state index in [1.807, 2.05) is 74.5 Å². The lowest BCUT2D eigenvalue weighted by atomic mass is 9.90. The number of benzene rings is 2. The molecule has 0 unspecified atom stereocenters. The molecule has 124 valence electrons. The molecule has 0 fully saturated rings. The largest absolute Gasteiger partial charge is 0.291 e. The molecule has 1 amide bonds. The van der Waals surface area contributed by atoms with E-state index in [1.54, 1.807) is 7.05 Å². The van der Waals surface area contributed by atoms with Gasteiger partial charge in [0.15, 0.2) is 0 Å². The van der Waals surface area contributed by atoms with Crippen LogP contribution in [0.25, 0.3) is 0 Å². The number of hydrogen-bond acceptors (Lipinski definition) is 4. The number of hydrogen-bond donors (Lipinski definition) is 1. The van der Waals surface area contributed by atoms with Gasteiger partial charge in [-0.3, -0.25) is 10.1 Å². The lowest BCUT2D eigenvalue weighted by Crippen LogP contribution is -2.23. The maximum atomic E-state index is 12.7. The summed E-state index contributed by atoms with van der Waals surface area (Å²) in [4.78, 5) is 14.0. The van der Waals surface area contributed by atoms with Crippen LogP contribution in [0.5, 0.6) is 0 Å². The second-order valence-electron chi connectivity index (χ2n) is 4.85. The Morgan fingerprint density at radius 2 is 1.46 bits per heavy atom. The van der Waals surface area contributed by atoms with Gasteiger partial charge in [-0.2, -0.15) is 4.80 Å². The second-order valence-corrected chi connectivity index (χ2v) is 4.85. The third-order valence-corrected chi connectivity index (χ3v) is 3.27. The fraction of sp³-hybridized carbons (Fsp3) is 0.222. The Bertz CT molecular complexity index is 716. The van der Waals surface area contributed by atoms with Crippen LogP contribution in [-0.4, -0.2) is 26.1 Å². The molecule has 6 heteroatoms. The highest BCUT2D eigenvalue weighted by molar-refractivity contribution is 5.96. The van der Waals surface area contributed by atoms with Crippen LogP contribution in [0.2, 0.25) is 0 Å². The summed E-state index contributed by atoms with van der Waals surface area (Å²) in [6.45, 7) is 4.00. The average molecular weight is 323 g/mol. The zero-order valence-electron chi connectivity index (χ0n) is 14.0. The molecule has 1 heterocycles. The topological polar surface area (TPSA) is 72.7 Å². The highest BCUT2D eigenvalue weighted by atomic mass is 16.2.